The molecule has 0 aliphatic heterocycles. The third kappa shape index (κ3) is 3.64. The Kier molecular flexibility index (Phi) is 4.78. The van der Waals surface area contributed by atoms with E-state index >= 15 is 0 Å². The van der Waals surface area contributed by atoms with Crippen molar-refractivity contribution in [2.75, 3.05) is 6.61 Å². The summed E-state index contributed by atoms with van der Waals surface area (Å²) < 4.78 is 7.20. The van der Waals surface area contributed by atoms with Crippen molar-refractivity contribution in [3.8, 4) is 0 Å². The molecule has 0 aliphatic rings. The van der Waals surface area contributed by atoms with Gasteiger partial charge in [-0.25, -0.2) is 0 Å². The molecule has 86 valence electrons. The first-order chi connectivity index (χ1) is 7.15. The van der Waals surface area contributed by atoms with Crippen LogP contribution in [0.1, 0.15) is 39.0 Å². The molecule has 0 saturated carbocycles. The number of aryl methyl sites for hydroxylation is 1. The fraction of sp³-hybridized carbons (Fsp3) is 0.727. The van der Waals surface area contributed by atoms with Gasteiger partial charge >= 0.3 is 0 Å². The van der Waals surface area contributed by atoms with Gasteiger partial charge in [0, 0.05) is 12.7 Å². The van der Waals surface area contributed by atoms with Gasteiger partial charge in [0.2, 0.25) is 0 Å². The minimum Gasteiger partial charge on any atom is -0.384 e. The fourth-order valence-electron chi connectivity index (χ4n) is 1.39. The molecule has 1 rings (SSSR count). The van der Waals surface area contributed by atoms with Crippen LogP contribution in [0.3, 0.4) is 0 Å². The van der Waals surface area contributed by atoms with Gasteiger partial charge in [-0.3, -0.25) is 4.68 Å². The highest BCUT2D eigenvalue weighted by Crippen LogP contribution is 2.13. The first-order valence-electron chi connectivity index (χ1n) is 5.46. The highest BCUT2D eigenvalue weighted by Gasteiger charge is 2.13. The van der Waals surface area contributed by atoms with Crippen LogP contribution in [0, 0.1) is 0 Å². The first-order valence-corrected chi connectivity index (χ1v) is 5.46. The zero-order valence-electron chi connectivity index (χ0n) is 9.68. The van der Waals surface area contributed by atoms with E-state index in [4.69, 9.17) is 4.74 Å². The van der Waals surface area contributed by atoms with Crippen LogP contribution in [0.4, 0.5) is 0 Å². The second kappa shape index (κ2) is 5.88. The Morgan fingerprint density at radius 2 is 2.27 bits per heavy atom. The van der Waals surface area contributed by atoms with Gasteiger partial charge in [-0.15, -0.1) is 0 Å². The molecule has 0 saturated heterocycles. The monoisotopic (exact) mass is 212 g/mol. The number of aromatic nitrogens is 2. The van der Waals surface area contributed by atoms with Crippen molar-refractivity contribution in [3.63, 3.8) is 0 Å². The standard InChI is InChI=1S/C11H20N2O2/c1-4-7-13-10(5-6-12-13)11(14)8-15-9(2)3/h5-6,9,11,14H,4,7-8H2,1-3H3. The summed E-state index contributed by atoms with van der Waals surface area (Å²) in [4.78, 5) is 0. The molecule has 0 radical (unpaired) electrons. The molecule has 0 aliphatic carbocycles. The second-order valence-electron chi connectivity index (χ2n) is 3.88. The van der Waals surface area contributed by atoms with Gasteiger partial charge in [-0.2, -0.15) is 5.10 Å². The molecule has 1 unspecified atom stereocenters. The molecule has 1 N–H and O–H groups in total. The van der Waals surface area contributed by atoms with Gasteiger partial charge in [0.05, 0.1) is 18.4 Å². The number of nitrogens with zero attached hydrogens (tertiary/aromatic N) is 2. The highest BCUT2D eigenvalue weighted by molar-refractivity contribution is 5.04. The summed E-state index contributed by atoms with van der Waals surface area (Å²) in [6.07, 6.45) is 2.28. The number of rotatable bonds is 6. The number of aliphatic hydroxyl groups excluding tert-OH is 1. The molecule has 0 bridgehead atoms. The molecule has 4 heteroatoms. The number of aliphatic hydroxyl groups is 1. The summed E-state index contributed by atoms with van der Waals surface area (Å²) in [5.41, 5.74) is 0.831. The zero-order chi connectivity index (χ0) is 11.3. The van der Waals surface area contributed by atoms with Gasteiger partial charge < -0.3 is 9.84 Å². The van der Waals surface area contributed by atoms with Crippen LogP contribution in [-0.2, 0) is 11.3 Å². The average Bonchev–Trinajstić information content (AvgIpc) is 2.63. The van der Waals surface area contributed by atoms with E-state index in [9.17, 15) is 5.11 Å². The molecule has 1 heterocycles. The van der Waals surface area contributed by atoms with E-state index in [-0.39, 0.29) is 6.10 Å². The van der Waals surface area contributed by atoms with Gasteiger partial charge in [0.25, 0.3) is 0 Å². The van der Waals surface area contributed by atoms with Crippen LogP contribution < -0.4 is 0 Å². The molecule has 1 aromatic rings. The van der Waals surface area contributed by atoms with Crippen LogP contribution in [0.2, 0.25) is 0 Å². The quantitative estimate of drug-likeness (QED) is 0.781. The van der Waals surface area contributed by atoms with E-state index in [0.717, 1.165) is 18.7 Å². The van der Waals surface area contributed by atoms with Gasteiger partial charge in [-0.05, 0) is 26.3 Å². The summed E-state index contributed by atoms with van der Waals surface area (Å²) in [6.45, 7) is 7.16. The van der Waals surface area contributed by atoms with Crippen molar-refractivity contribution in [1.29, 1.82) is 0 Å². The molecule has 0 spiro atoms. The minimum absolute atomic E-state index is 0.141. The van der Waals surface area contributed by atoms with Gasteiger partial charge in [0.15, 0.2) is 0 Å². The summed E-state index contributed by atoms with van der Waals surface area (Å²) in [6, 6.07) is 1.84. The molecular weight excluding hydrogens is 192 g/mol. The molecule has 1 aromatic heterocycles. The van der Waals surface area contributed by atoms with Crippen molar-refractivity contribution in [1.82, 2.24) is 9.78 Å². The smallest absolute Gasteiger partial charge is 0.119 e. The van der Waals surface area contributed by atoms with Crippen LogP contribution in [-0.4, -0.2) is 27.6 Å². The van der Waals surface area contributed by atoms with E-state index in [0.29, 0.717) is 6.61 Å². The lowest BCUT2D eigenvalue weighted by atomic mass is 10.2. The summed E-state index contributed by atoms with van der Waals surface area (Å²) in [7, 11) is 0. The van der Waals surface area contributed by atoms with Crippen molar-refractivity contribution < 1.29 is 9.84 Å². The van der Waals surface area contributed by atoms with Crippen molar-refractivity contribution in [2.45, 2.75) is 45.9 Å². The second-order valence-corrected chi connectivity index (χ2v) is 3.88. The Labute approximate surface area is 90.9 Å². The van der Waals surface area contributed by atoms with Crippen molar-refractivity contribution >= 4 is 0 Å². The first kappa shape index (κ1) is 12.2. The highest BCUT2D eigenvalue weighted by atomic mass is 16.5. The topological polar surface area (TPSA) is 47.3 Å². The minimum atomic E-state index is -0.582. The van der Waals surface area contributed by atoms with E-state index in [1.807, 2.05) is 24.6 Å². The third-order valence-corrected chi connectivity index (χ3v) is 2.11. The molecule has 4 nitrogen and oxygen atoms in total. The van der Waals surface area contributed by atoms with Crippen LogP contribution in [0.25, 0.3) is 0 Å². The summed E-state index contributed by atoms with van der Waals surface area (Å²) >= 11 is 0. The molecule has 15 heavy (non-hydrogen) atoms. The number of ether oxygens (including phenoxy) is 1. The maximum absolute atomic E-state index is 9.88. The van der Waals surface area contributed by atoms with E-state index in [1.54, 1.807) is 6.20 Å². The Morgan fingerprint density at radius 3 is 2.87 bits per heavy atom. The van der Waals surface area contributed by atoms with E-state index < -0.39 is 6.10 Å². The lowest BCUT2D eigenvalue weighted by molar-refractivity contribution is 0.00144. The normalized spacial score (nSPS) is 13.4. The van der Waals surface area contributed by atoms with Crippen LogP contribution in [0.15, 0.2) is 12.3 Å². The SMILES string of the molecule is CCCn1nccc1C(O)COC(C)C. The average molecular weight is 212 g/mol. The molecule has 0 aromatic carbocycles. The van der Waals surface area contributed by atoms with Crippen LogP contribution in [0.5, 0.6) is 0 Å². The summed E-state index contributed by atoms with van der Waals surface area (Å²) in [5, 5.41) is 14.0. The lowest BCUT2D eigenvalue weighted by Gasteiger charge is -2.14. The fourth-order valence-corrected chi connectivity index (χ4v) is 1.39. The lowest BCUT2D eigenvalue weighted by Crippen LogP contribution is -2.16. The van der Waals surface area contributed by atoms with Crippen molar-refractivity contribution in [2.24, 2.45) is 0 Å². The number of hydrogen-bond donors (Lipinski definition) is 1. The molecule has 0 fully saturated rings. The van der Waals surface area contributed by atoms with E-state index in [1.165, 1.54) is 0 Å². The largest absolute Gasteiger partial charge is 0.384 e. The summed E-state index contributed by atoms with van der Waals surface area (Å²) in [5.74, 6) is 0. The maximum Gasteiger partial charge on any atom is 0.119 e. The Balaban J connectivity index is 2.56. The van der Waals surface area contributed by atoms with Crippen molar-refractivity contribution in [3.05, 3.63) is 18.0 Å². The molecule has 0 amide bonds. The van der Waals surface area contributed by atoms with Gasteiger partial charge in [0.1, 0.15) is 6.10 Å². The van der Waals surface area contributed by atoms with E-state index in [2.05, 4.69) is 12.0 Å². The number of hydrogen-bond acceptors (Lipinski definition) is 3. The Bertz CT molecular complexity index is 284. The molecular formula is C11H20N2O2. The molecule has 1 atom stereocenters. The van der Waals surface area contributed by atoms with Crippen LogP contribution >= 0.6 is 0 Å². The Morgan fingerprint density at radius 1 is 1.53 bits per heavy atom. The third-order valence-electron chi connectivity index (χ3n) is 2.11. The maximum atomic E-state index is 9.88. The zero-order valence-corrected chi connectivity index (χ0v) is 9.68. The Hall–Kier alpha value is -0.870. The van der Waals surface area contributed by atoms with Gasteiger partial charge in [-0.1, -0.05) is 6.92 Å². The predicted octanol–water partition coefficient (Wildman–Crippen LogP) is 1.75. The predicted molar refractivity (Wildman–Crippen MR) is 58.6 cm³/mol.